The molecule has 0 saturated carbocycles. The number of nitrogen functional groups attached to an aromatic ring is 1. The molecular formula is C28H26FN7O2. The Hall–Kier alpha value is -4.83. The Balaban J connectivity index is 1.66. The standard InChI is InChI=1S/C28H26FN7O2/c1-5-22(37)35-18-7-8-19(20(29)13-18)25-23(24-26(30)32-14-33-27(24)36(25)4)17-6-9-21(15(2)12-17)38-28-31-11-10-16(3)34-28/h5-14,22,35,37H,1H2,2-4H3,(H2,30,32,33). The van der Waals surface area contributed by atoms with Crippen molar-refractivity contribution in [1.29, 1.82) is 0 Å². The van der Waals surface area contributed by atoms with Crippen molar-refractivity contribution < 1.29 is 14.2 Å². The van der Waals surface area contributed by atoms with Crippen molar-refractivity contribution in [3.8, 4) is 34.1 Å². The molecule has 0 aliphatic heterocycles. The number of benzene rings is 2. The Morgan fingerprint density at radius 3 is 2.66 bits per heavy atom. The van der Waals surface area contributed by atoms with E-state index >= 15 is 4.39 Å². The van der Waals surface area contributed by atoms with Gasteiger partial charge in [0.25, 0.3) is 0 Å². The average Bonchev–Trinajstić information content (AvgIpc) is 3.18. The first-order valence-electron chi connectivity index (χ1n) is 11.8. The van der Waals surface area contributed by atoms with Crippen molar-refractivity contribution in [1.82, 2.24) is 24.5 Å². The summed E-state index contributed by atoms with van der Waals surface area (Å²) in [4.78, 5) is 17.1. The van der Waals surface area contributed by atoms with E-state index in [-0.39, 0.29) is 11.8 Å². The monoisotopic (exact) mass is 511 g/mol. The summed E-state index contributed by atoms with van der Waals surface area (Å²) in [6.45, 7) is 7.30. The molecule has 0 bridgehead atoms. The van der Waals surface area contributed by atoms with Crippen LogP contribution in [0.3, 0.4) is 0 Å². The maximum atomic E-state index is 15.6. The van der Waals surface area contributed by atoms with Crippen LogP contribution in [0.1, 0.15) is 11.3 Å². The molecule has 0 saturated heterocycles. The lowest BCUT2D eigenvalue weighted by atomic mass is 9.97. The Morgan fingerprint density at radius 1 is 1.13 bits per heavy atom. The highest BCUT2D eigenvalue weighted by atomic mass is 19.1. The first kappa shape index (κ1) is 24.8. The number of hydrogen-bond acceptors (Lipinski definition) is 8. The van der Waals surface area contributed by atoms with Gasteiger partial charge in [-0.05, 0) is 67.4 Å². The first-order chi connectivity index (χ1) is 18.3. The minimum absolute atomic E-state index is 0.252. The minimum atomic E-state index is -1.00. The normalized spacial score (nSPS) is 11.9. The molecule has 9 nitrogen and oxygen atoms in total. The van der Waals surface area contributed by atoms with Crippen molar-refractivity contribution in [2.45, 2.75) is 20.1 Å². The van der Waals surface area contributed by atoms with Gasteiger partial charge < -0.3 is 25.5 Å². The highest BCUT2D eigenvalue weighted by Gasteiger charge is 2.24. The largest absolute Gasteiger partial charge is 0.424 e. The second-order valence-corrected chi connectivity index (χ2v) is 8.82. The molecule has 0 amide bonds. The molecule has 0 spiro atoms. The van der Waals surface area contributed by atoms with E-state index < -0.39 is 12.0 Å². The number of halogens is 1. The first-order valence-corrected chi connectivity index (χ1v) is 11.8. The zero-order valence-electron chi connectivity index (χ0n) is 21.1. The highest BCUT2D eigenvalue weighted by molar-refractivity contribution is 6.08. The maximum absolute atomic E-state index is 15.6. The number of hydrogen-bond donors (Lipinski definition) is 3. The van der Waals surface area contributed by atoms with Crippen LogP contribution >= 0.6 is 0 Å². The fraction of sp³-hybridized carbons (Fsp3) is 0.143. The van der Waals surface area contributed by atoms with Crippen molar-refractivity contribution in [3.05, 3.63) is 84.7 Å². The number of rotatable bonds is 7. The van der Waals surface area contributed by atoms with Crippen molar-refractivity contribution >= 4 is 22.5 Å². The molecule has 0 aliphatic carbocycles. The van der Waals surface area contributed by atoms with Gasteiger partial charge in [-0.15, -0.1) is 0 Å². The van der Waals surface area contributed by atoms with E-state index in [0.717, 1.165) is 16.8 Å². The third kappa shape index (κ3) is 4.53. The van der Waals surface area contributed by atoms with Crippen molar-refractivity contribution in [2.24, 2.45) is 7.05 Å². The van der Waals surface area contributed by atoms with Gasteiger partial charge in [0.1, 0.15) is 35.6 Å². The van der Waals surface area contributed by atoms with Gasteiger partial charge in [-0.3, -0.25) is 0 Å². The predicted octanol–water partition coefficient (Wildman–Crippen LogP) is 5.14. The lowest BCUT2D eigenvalue weighted by Gasteiger charge is -2.14. The number of fused-ring (bicyclic) bond motifs is 1. The summed E-state index contributed by atoms with van der Waals surface area (Å²) in [6, 6.07) is 12.3. The van der Waals surface area contributed by atoms with Gasteiger partial charge >= 0.3 is 6.01 Å². The summed E-state index contributed by atoms with van der Waals surface area (Å²) in [5.41, 5.74) is 11.3. The molecular weight excluding hydrogens is 485 g/mol. The van der Waals surface area contributed by atoms with E-state index in [1.165, 1.54) is 18.5 Å². The number of nitrogens with zero attached hydrogens (tertiary/aromatic N) is 5. The lowest BCUT2D eigenvalue weighted by Crippen LogP contribution is -2.14. The SMILES string of the molecule is C=CC(O)Nc1ccc(-c2c(-c3ccc(Oc4nccc(C)n4)c(C)c3)c3c(N)ncnc3n2C)c(F)c1. The molecule has 4 N–H and O–H groups in total. The van der Waals surface area contributed by atoms with Crippen LogP contribution in [0.2, 0.25) is 0 Å². The van der Waals surface area contributed by atoms with Gasteiger partial charge in [0, 0.05) is 35.8 Å². The summed E-state index contributed by atoms with van der Waals surface area (Å²) in [5, 5.41) is 13.2. The van der Waals surface area contributed by atoms with Crippen molar-refractivity contribution in [3.63, 3.8) is 0 Å². The molecule has 5 aromatic rings. The Bertz CT molecular complexity index is 1680. The van der Waals surface area contributed by atoms with Crippen molar-refractivity contribution in [2.75, 3.05) is 11.1 Å². The number of aliphatic hydroxyl groups is 1. The maximum Gasteiger partial charge on any atom is 0.322 e. The van der Waals surface area contributed by atoms with Crippen LogP contribution in [0, 0.1) is 19.7 Å². The van der Waals surface area contributed by atoms with E-state index in [0.29, 0.717) is 39.3 Å². The minimum Gasteiger partial charge on any atom is -0.424 e. The zero-order valence-corrected chi connectivity index (χ0v) is 21.1. The van der Waals surface area contributed by atoms with Gasteiger partial charge in [0.15, 0.2) is 0 Å². The van der Waals surface area contributed by atoms with Gasteiger partial charge in [-0.25, -0.2) is 24.3 Å². The fourth-order valence-corrected chi connectivity index (χ4v) is 4.39. The van der Waals surface area contributed by atoms with Gasteiger partial charge in [0.2, 0.25) is 0 Å². The summed E-state index contributed by atoms with van der Waals surface area (Å²) < 4.78 is 23.3. The predicted molar refractivity (Wildman–Crippen MR) is 145 cm³/mol. The Kier molecular flexibility index (Phi) is 6.48. The van der Waals surface area contributed by atoms with Crippen LogP contribution in [0.4, 0.5) is 15.9 Å². The molecule has 0 fully saturated rings. The summed E-state index contributed by atoms with van der Waals surface area (Å²) in [5.74, 6) is 0.386. The Labute approximate surface area is 218 Å². The number of anilines is 2. The van der Waals surface area contributed by atoms with Crippen LogP contribution in [0.5, 0.6) is 11.8 Å². The highest BCUT2D eigenvalue weighted by Crippen LogP contribution is 2.43. The molecule has 2 aromatic carbocycles. The van der Waals surface area contributed by atoms with E-state index in [9.17, 15) is 5.11 Å². The second-order valence-electron chi connectivity index (χ2n) is 8.82. The number of nitrogens with two attached hydrogens (primary N) is 1. The van der Waals surface area contributed by atoms with E-state index in [4.69, 9.17) is 10.5 Å². The average molecular weight is 512 g/mol. The molecule has 0 radical (unpaired) electrons. The molecule has 10 heteroatoms. The van der Waals surface area contributed by atoms with E-state index in [2.05, 4.69) is 31.8 Å². The van der Waals surface area contributed by atoms with Crippen LogP contribution in [-0.4, -0.2) is 35.8 Å². The zero-order chi connectivity index (χ0) is 27.0. The van der Waals surface area contributed by atoms with Gasteiger partial charge in [-0.1, -0.05) is 12.6 Å². The molecule has 38 heavy (non-hydrogen) atoms. The van der Waals surface area contributed by atoms with E-state index in [1.54, 1.807) is 36.0 Å². The smallest absolute Gasteiger partial charge is 0.322 e. The molecule has 3 aromatic heterocycles. The number of ether oxygens (including phenoxy) is 1. The number of aryl methyl sites for hydroxylation is 3. The molecule has 1 atom stereocenters. The number of aliphatic hydroxyl groups excluding tert-OH is 1. The number of aromatic nitrogens is 5. The summed E-state index contributed by atoms with van der Waals surface area (Å²) >= 11 is 0. The van der Waals surface area contributed by atoms with Gasteiger partial charge in [-0.2, -0.15) is 0 Å². The molecule has 0 aliphatic rings. The topological polar surface area (TPSA) is 124 Å². The van der Waals surface area contributed by atoms with Crippen LogP contribution in [0.15, 0.2) is 67.6 Å². The third-order valence-corrected chi connectivity index (χ3v) is 6.20. The van der Waals surface area contributed by atoms with Crippen LogP contribution in [0.25, 0.3) is 33.4 Å². The molecule has 1 unspecified atom stereocenters. The fourth-order valence-electron chi connectivity index (χ4n) is 4.39. The second kappa shape index (κ2) is 9.91. The van der Waals surface area contributed by atoms with Gasteiger partial charge in [0.05, 0.1) is 11.1 Å². The third-order valence-electron chi connectivity index (χ3n) is 6.20. The Morgan fingerprint density at radius 2 is 1.95 bits per heavy atom. The molecule has 192 valence electrons. The summed E-state index contributed by atoms with van der Waals surface area (Å²) in [7, 11) is 1.81. The summed E-state index contributed by atoms with van der Waals surface area (Å²) in [6.07, 6.45) is 3.34. The lowest BCUT2D eigenvalue weighted by molar-refractivity contribution is 0.253. The van der Waals surface area contributed by atoms with Crippen LogP contribution < -0.4 is 15.8 Å². The number of nitrogens with one attached hydrogen (secondary N) is 1. The van der Waals surface area contributed by atoms with E-state index in [1.807, 2.05) is 32.0 Å². The van der Waals surface area contributed by atoms with Crippen LogP contribution in [-0.2, 0) is 7.05 Å². The molecule has 3 heterocycles. The molecule has 5 rings (SSSR count). The quantitative estimate of drug-likeness (QED) is 0.203.